The molecule has 1 atom stereocenters. The number of aliphatic hydroxyl groups is 1. The van der Waals surface area contributed by atoms with Crippen LogP contribution in [-0.4, -0.2) is 10.6 Å². The summed E-state index contributed by atoms with van der Waals surface area (Å²) in [7, 11) is 0. The fraction of sp³-hybridized carbons (Fsp3) is 0.556. The minimum Gasteiger partial charge on any atom is -0.464 e. The highest BCUT2D eigenvalue weighted by Crippen LogP contribution is 2.24. The van der Waals surface area contributed by atoms with Gasteiger partial charge in [0.15, 0.2) is 0 Å². The van der Waals surface area contributed by atoms with Crippen LogP contribution in [0.1, 0.15) is 31.5 Å². The Morgan fingerprint density at radius 3 is 2.42 bits per heavy atom. The first kappa shape index (κ1) is 9.29. The molecule has 0 saturated carbocycles. The highest BCUT2D eigenvalue weighted by molar-refractivity contribution is 5.11. The lowest BCUT2D eigenvalue weighted by molar-refractivity contribution is 0.0817. The predicted molar refractivity (Wildman–Crippen MR) is 46.7 cm³/mol. The van der Waals surface area contributed by atoms with Gasteiger partial charge in [0, 0.05) is 5.54 Å². The quantitative estimate of drug-likeness (QED) is 0.702. The molecule has 3 heteroatoms. The van der Waals surface area contributed by atoms with E-state index in [1.807, 2.05) is 13.0 Å². The van der Waals surface area contributed by atoms with Gasteiger partial charge < -0.3 is 15.3 Å². The summed E-state index contributed by atoms with van der Waals surface area (Å²) in [5.41, 5.74) is 5.05. The SMILES string of the molecule is Cc1ccc([C@@H](O)C(C)(C)N)o1. The van der Waals surface area contributed by atoms with Gasteiger partial charge in [0.2, 0.25) is 0 Å². The van der Waals surface area contributed by atoms with Crippen molar-refractivity contribution in [2.45, 2.75) is 32.4 Å². The third-order valence-electron chi connectivity index (χ3n) is 1.74. The molecule has 0 aromatic carbocycles. The van der Waals surface area contributed by atoms with Gasteiger partial charge in [-0.2, -0.15) is 0 Å². The average Bonchev–Trinajstić information content (AvgIpc) is 2.32. The lowest BCUT2D eigenvalue weighted by Gasteiger charge is -2.23. The molecule has 68 valence electrons. The first-order chi connectivity index (χ1) is 5.41. The Bertz CT molecular complexity index is 260. The van der Waals surface area contributed by atoms with Crippen LogP contribution in [0.3, 0.4) is 0 Å². The standard InChI is InChI=1S/C9H15NO2/c1-6-4-5-7(12-6)8(11)9(2,3)10/h4-5,8,11H,10H2,1-3H3/t8-/m1/s1. The largest absolute Gasteiger partial charge is 0.464 e. The van der Waals surface area contributed by atoms with E-state index in [2.05, 4.69) is 0 Å². The molecule has 0 radical (unpaired) electrons. The fourth-order valence-corrected chi connectivity index (χ4v) is 0.967. The molecule has 0 bridgehead atoms. The lowest BCUT2D eigenvalue weighted by Crippen LogP contribution is -2.39. The van der Waals surface area contributed by atoms with Crippen LogP contribution in [0.2, 0.25) is 0 Å². The highest BCUT2D eigenvalue weighted by Gasteiger charge is 2.26. The van der Waals surface area contributed by atoms with Gasteiger partial charge in [0.1, 0.15) is 17.6 Å². The van der Waals surface area contributed by atoms with Gasteiger partial charge in [-0.1, -0.05) is 0 Å². The Kier molecular flexibility index (Phi) is 2.26. The molecule has 0 saturated heterocycles. The summed E-state index contributed by atoms with van der Waals surface area (Å²) in [6.07, 6.45) is -0.744. The van der Waals surface area contributed by atoms with Gasteiger partial charge in [-0.15, -0.1) is 0 Å². The lowest BCUT2D eigenvalue weighted by atomic mass is 9.97. The summed E-state index contributed by atoms with van der Waals surface area (Å²) in [6, 6.07) is 3.55. The topological polar surface area (TPSA) is 59.4 Å². The molecular formula is C9H15NO2. The second-order valence-electron chi connectivity index (χ2n) is 3.67. The van der Waals surface area contributed by atoms with E-state index in [9.17, 15) is 5.11 Å². The van der Waals surface area contributed by atoms with Crippen molar-refractivity contribution in [2.24, 2.45) is 5.73 Å². The number of furan rings is 1. The summed E-state index contributed by atoms with van der Waals surface area (Å²) >= 11 is 0. The smallest absolute Gasteiger partial charge is 0.134 e. The molecule has 1 aromatic heterocycles. The average molecular weight is 169 g/mol. The molecule has 3 nitrogen and oxygen atoms in total. The summed E-state index contributed by atoms with van der Waals surface area (Å²) in [4.78, 5) is 0. The normalized spacial score (nSPS) is 14.8. The van der Waals surface area contributed by atoms with Crippen molar-refractivity contribution >= 4 is 0 Å². The van der Waals surface area contributed by atoms with Crippen molar-refractivity contribution in [1.82, 2.24) is 0 Å². The zero-order valence-corrected chi connectivity index (χ0v) is 7.66. The van der Waals surface area contributed by atoms with Crippen molar-refractivity contribution in [3.05, 3.63) is 23.7 Å². The Balaban J connectivity index is 2.85. The molecule has 12 heavy (non-hydrogen) atoms. The Labute approximate surface area is 72.2 Å². The fourth-order valence-electron chi connectivity index (χ4n) is 0.967. The highest BCUT2D eigenvalue weighted by atomic mass is 16.4. The molecule has 0 aliphatic heterocycles. The van der Waals surface area contributed by atoms with Crippen molar-refractivity contribution in [3.8, 4) is 0 Å². The summed E-state index contributed by atoms with van der Waals surface area (Å²) in [5, 5.41) is 9.65. The van der Waals surface area contributed by atoms with E-state index in [0.29, 0.717) is 5.76 Å². The van der Waals surface area contributed by atoms with Crippen molar-refractivity contribution < 1.29 is 9.52 Å². The van der Waals surface area contributed by atoms with Crippen LogP contribution in [0.5, 0.6) is 0 Å². The molecule has 0 spiro atoms. The molecular weight excluding hydrogens is 154 g/mol. The second-order valence-corrected chi connectivity index (χ2v) is 3.67. The second kappa shape index (κ2) is 2.92. The van der Waals surface area contributed by atoms with Gasteiger partial charge in [0.25, 0.3) is 0 Å². The third-order valence-corrected chi connectivity index (χ3v) is 1.74. The Hall–Kier alpha value is -0.800. The minimum atomic E-state index is -0.744. The molecule has 0 fully saturated rings. The maximum atomic E-state index is 9.65. The van der Waals surface area contributed by atoms with Crippen LogP contribution < -0.4 is 5.73 Å². The molecule has 0 aliphatic carbocycles. The van der Waals surface area contributed by atoms with Gasteiger partial charge in [0.05, 0.1) is 0 Å². The predicted octanol–water partition coefficient (Wildman–Crippen LogP) is 1.36. The molecule has 3 N–H and O–H groups in total. The van der Waals surface area contributed by atoms with E-state index in [0.717, 1.165) is 5.76 Å². The molecule has 0 amide bonds. The van der Waals surface area contributed by atoms with E-state index in [1.54, 1.807) is 19.9 Å². The first-order valence-electron chi connectivity index (χ1n) is 3.94. The Morgan fingerprint density at radius 2 is 2.08 bits per heavy atom. The van der Waals surface area contributed by atoms with Crippen LogP contribution in [0.25, 0.3) is 0 Å². The first-order valence-corrected chi connectivity index (χ1v) is 3.94. The van der Waals surface area contributed by atoms with Crippen LogP contribution in [-0.2, 0) is 0 Å². The number of hydrogen-bond donors (Lipinski definition) is 2. The summed E-state index contributed by atoms with van der Waals surface area (Å²) < 4.78 is 5.24. The van der Waals surface area contributed by atoms with Gasteiger partial charge >= 0.3 is 0 Å². The molecule has 1 heterocycles. The van der Waals surface area contributed by atoms with E-state index in [-0.39, 0.29) is 0 Å². The third kappa shape index (κ3) is 1.87. The number of nitrogens with two attached hydrogens (primary N) is 1. The number of aryl methyl sites for hydroxylation is 1. The summed E-state index contributed by atoms with van der Waals surface area (Å²) in [6.45, 7) is 5.35. The van der Waals surface area contributed by atoms with Crippen molar-refractivity contribution in [1.29, 1.82) is 0 Å². The number of aliphatic hydroxyl groups excluding tert-OH is 1. The van der Waals surface area contributed by atoms with E-state index >= 15 is 0 Å². The summed E-state index contributed by atoms with van der Waals surface area (Å²) in [5.74, 6) is 1.31. The zero-order valence-electron chi connectivity index (χ0n) is 7.66. The van der Waals surface area contributed by atoms with Crippen LogP contribution in [0, 0.1) is 6.92 Å². The molecule has 0 aliphatic rings. The molecule has 0 unspecified atom stereocenters. The van der Waals surface area contributed by atoms with Crippen LogP contribution in [0.4, 0.5) is 0 Å². The van der Waals surface area contributed by atoms with E-state index < -0.39 is 11.6 Å². The molecule has 1 aromatic rings. The Morgan fingerprint density at radius 1 is 1.50 bits per heavy atom. The van der Waals surface area contributed by atoms with Gasteiger partial charge in [-0.25, -0.2) is 0 Å². The van der Waals surface area contributed by atoms with Crippen LogP contribution >= 0.6 is 0 Å². The number of hydrogen-bond acceptors (Lipinski definition) is 3. The monoisotopic (exact) mass is 169 g/mol. The maximum absolute atomic E-state index is 9.65. The minimum absolute atomic E-state index is 0.528. The van der Waals surface area contributed by atoms with E-state index in [1.165, 1.54) is 0 Å². The van der Waals surface area contributed by atoms with Crippen LogP contribution in [0.15, 0.2) is 16.5 Å². The maximum Gasteiger partial charge on any atom is 0.134 e. The molecule has 1 rings (SSSR count). The van der Waals surface area contributed by atoms with Crippen molar-refractivity contribution in [2.75, 3.05) is 0 Å². The van der Waals surface area contributed by atoms with Gasteiger partial charge in [-0.3, -0.25) is 0 Å². The van der Waals surface area contributed by atoms with Crippen molar-refractivity contribution in [3.63, 3.8) is 0 Å². The zero-order chi connectivity index (χ0) is 9.35. The number of rotatable bonds is 2. The van der Waals surface area contributed by atoms with E-state index in [4.69, 9.17) is 10.2 Å². The van der Waals surface area contributed by atoms with Gasteiger partial charge in [-0.05, 0) is 32.9 Å².